The number of nitrogens with zero attached hydrogens (tertiary/aromatic N) is 1. The van der Waals surface area contributed by atoms with E-state index in [1.807, 2.05) is 13.0 Å². The maximum atomic E-state index is 10.7. The number of carbonyl (C=O) groups excluding carboxylic acids is 1. The first-order valence-corrected chi connectivity index (χ1v) is 2.94. The highest BCUT2D eigenvalue weighted by Gasteiger charge is 2.31. The fourth-order valence-electron chi connectivity index (χ4n) is 0.795. The molecule has 2 N–H and O–H groups in total. The van der Waals surface area contributed by atoms with Crippen LogP contribution >= 0.6 is 0 Å². The van der Waals surface area contributed by atoms with Gasteiger partial charge in [-0.3, -0.25) is 4.79 Å². The minimum absolute atomic E-state index is 0.0214. The zero-order valence-corrected chi connectivity index (χ0v) is 5.37. The number of amides is 1. The Morgan fingerprint density at radius 2 is 2.56 bits per heavy atom. The number of rotatable bonds is 1. The highest BCUT2D eigenvalue weighted by molar-refractivity contribution is 5.88. The van der Waals surface area contributed by atoms with Gasteiger partial charge in [0.25, 0.3) is 0 Å². The van der Waals surface area contributed by atoms with E-state index in [1.165, 1.54) is 0 Å². The van der Waals surface area contributed by atoms with E-state index in [0.29, 0.717) is 6.54 Å². The molecular weight excluding hydrogens is 116 g/mol. The van der Waals surface area contributed by atoms with Gasteiger partial charge < -0.3 is 10.6 Å². The van der Waals surface area contributed by atoms with Crippen LogP contribution in [0.1, 0.15) is 6.92 Å². The molecule has 1 heterocycles. The van der Waals surface area contributed by atoms with E-state index < -0.39 is 0 Å². The van der Waals surface area contributed by atoms with Crippen molar-refractivity contribution in [1.29, 1.82) is 0 Å². The maximum absolute atomic E-state index is 10.7. The molecule has 50 valence electrons. The quantitative estimate of drug-likeness (QED) is 0.490. The Hall–Kier alpha value is -0.830. The number of nitrogens with two attached hydrogens (primary N) is 1. The van der Waals surface area contributed by atoms with Crippen LogP contribution in [0, 0.1) is 0 Å². The lowest BCUT2D eigenvalue weighted by molar-refractivity contribution is -0.138. The lowest BCUT2D eigenvalue weighted by Gasteiger charge is -2.32. The van der Waals surface area contributed by atoms with Crippen LogP contribution in [-0.2, 0) is 4.79 Å². The van der Waals surface area contributed by atoms with Crippen LogP contribution in [0.5, 0.6) is 0 Å². The topological polar surface area (TPSA) is 46.3 Å². The Bertz CT molecular complexity index is 153. The molecule has 0 spiro atoms. The van der Waals surface area contributed by atoms with Gasteiger partial charge in [0, 0.05) is 12.7 Å². The average Bonchev–Trinajstić information content (AvgIpc) is 1.88. The van der Waals surface area contributed by atoms with Crippen molar-refractivity contribution in [3.05, 3.63) is 12.3 Å². The zero-order chi connectivity index (χ0) is 6.85. The number of hydrogen-bond acceptors (Lipinski definition) is 2. The molecular formula is C6H10N2O. The van der Waals surface area contributed by atoms with Crippen molar-refractivity contribution in [2.24, 2.45) is 5.73 Å². The first-order chi connectivity index (χ1) is 4.25. The molecule has 1 saturated heterocycles. The van der Waals surface area contributed by atoms with Crippen LogP contribution in [-0.4, -0.2) is 23.4 Å². The second-order valence-corrected chi connectivity index (χ2v) is 2.08. The molecule has 3 nitrogen and oxygen atoms in total. The molecule has 0 saturated carbocycles. The largest absolute Gasteiger partial charge is 0.318 e. The number of likely N-dealkylation sites (tertiary alicyclic amines) is 1. The van der Waals surface area contributed by atoms with Crippen molar-refractivity contribution < 1.29 is 4.79 Å². The molecule has 9 heavy (non-hydrogen) atoms. The van der Waals surface area contributed by atoms with Crippen LogP contribution in [0.25, 0.3) is 0 Å². The van der Waals surface area contributed by atoms with E-state index in [0.717, 1.165) is 0 Å². The Morgan fingerprint density at radius 3 is 2.89 bits per heavy atom. The fourth-order valence-corrected chi connectivity index (χ4v) is 0.795. The Balaban J connectivity index is 2.42. The summed E-state index contributed by atoms with van der Waals surface area (Å²) in [6.45, 7) is 2.54. The normalized spacial score (nSPS) is 27.1. The second-order valence-electron chi connectivity index (χ2n) is 2.08. The summed E-state index contributed by atoms with van der Waals surface area (Å²) in [6.07, 6.45) is 3.56. The van der Waals surface area contributed by atoms with Crippen LogP contribution in [0.4, 0.5) is 0 Å². The molecule has 0 aromatic rings. The van der Waals surface area contributed by atoms with Crippen LogP contribution in [0.3, 0.4) is 0 Å². The van der Waals surface area contributed by atoms with Crippen LogP contribution in [0.2, 0.25) is 0 Å². The molecule has 1 rings (SSSR count). The van der Waals surface area contributed by atoms with Gasteiger partial charge in [-0.15, -0.1) is 0 Å². The molecule has 0 aliphatic carbocycles. The average molecular weight is 126 g/mol. The molecule has 1 fully saturated rings. The van der Waals surface area contributed by atoms with Gasteiger partial charge in [-0.25, -0.2) is 0 Å². The van der Waals surface area contributed by atoms with E-state index in [4.69, 9.17) is 5.73 Å². The van der Waals surface area contributed by atoms with E-state index in [-0.39, 0.29) is 11.9 Å². The van der Waals surface area contributed by atoms with Gasteiger partial charge in [-0.2, -0.15) is 0 Å². The summed E-state index contributed by atoms with van der Waals surface area (Å²) in [7, 11) is 0. The third-order valence-electron chi connectivity index (χ3n) is 1.32. The summed E-state index contributed by atoms with van der Waals surface area (Å²) in [5.74, 6) is 0.0214. The van der Waals surface area contributed by atoms with E-state index in [2.05, 4.69) is 0 Å². The Morgan fingerprint density at radius 1 is 1.89 bits per heavy atom. The minimum Gasteiger partial charge on any atom is -0.318 e. The van der Waals surface area contributed by atoms with Gasteiger partial charge >= 0.3 is 0 Å². The highest BCUT2D eigenvalue weighted by Crippen LogP contribution is 2.06. The van der Waals surface area contributed by atoms with Gasteiger partial charge in [-0.05, 0) is 6.92 Å². The molecule has 1 atom stereocenters. The lowest BCUT2D eigenvalue weighted by Crippen LogP contribution is -2.58. The molecule has 0 radical (unpaired) electrons. The van der Waals surface area contributed by atoms with Crippen molar-refractivity contribution in [2.45, 2.75) is 13.0 Å². The summed E-state index contributed by atoms with van der Waals surface area (Å²) >= 11 is 0. The molecule has 1 aliphatic rings. The third kappa shape index (κ3) is 0.954. The highest BCUT2D eigenvalue weighted by atomic mass is 16.2. The van der Waals surface area contributed by atoms with Gasteiger partial charge in [0.2, 0.25) is 5.91 Å². The summed E-state index contributed by atoms with van der Waals surface area (Å²) in [5, 5.41) is 0. The summed E-state index contributed by atoms with van der Waals surface area (Å²) in [6, 6.07) is -0.249. The first-order valence-electron chi connectivity index (χ1n) is 2.94. The number of carbonyl (C=O) groups is 1. The molecule has 0 aromatic carbocycles. The standard InChI is InChI=1S/C6H10N2O/c1-2-3-8-4-5(7)6(8)9/h2-3,5H,4,7H2,1H3/t5-/m0/s1. The van der Waals surface area contributed by atoms with Crippen LogP contribution in [0.15, 0.2) is 12.3 Å². The SMILES string of the molecule is CC=CN1C[C@H](N)C1=O. The Labute approximate surface area is 54.1 Å². The zero-order valence-electron chi connectivity index (χ0n) is 5.37. The lowest BCUT2D eigenvalue weighted by atomic mass is 10.1. The molecule has 3 heteroatoms. The second kappa shape index (κ2) is 2.19. The number of allylic oxidation sites excluding steroid dienone is 1. The van der Waals surface area contributed by atoms with E-state index >= 15 is 0 Å². The number of β-lactam (4-membered cyclic amide) rings is 1. The Kier molecular flexibility index (Phi) is 1.53. The monoisotopic (exact) mass is 126 g/mol. The molecule has 1 aliphatic heterocycles. The minimum atomic E-state index is -0.249. The molecule has 0 aromatic heterocycles. The van der Waals surface area contributed by atoms with Crippen molar-refractivity contribution in [3.8, 4) is 0 Å². The predicted octanol–water partition coefficient (Wildman–Crippen LogP) is -0.310. The van der Waals surface area contributed by atoms with E-state index in [1.54, 1.807) is 11.1 Å². The molecule has 0 unspecified atom stereocenters. The van der Waals surface area contributed by atoms with Gasteiger partial charge in [0.1, 0.15) is 6.04 Å². The van der Waals surface area contributed by atoms with Gasteiger partial charge in [-0.1, -0.05) is 6.08 Å². The van der Waals surface area contributed by atoms with E-state index in [9.17, 15) is 4.79 Å². The maximum Gasteiger partial charge on any atom is 0.245 e. The molecule has 0 bridgehead atoms. The van der Waals surface area contributed by atoms with Crippen LogP contribution < -0.4 is 5.73 Å². The van der Waals surface area contributed by atoms with Gasteiger partial charge in [0.05, 0.1) is 0 Å². The van der Waals surface area contributed by atoms with Crippen molar-refractivity contribution >= 4 is 5.91 Å². The fraction of sp³-hybridized carbons (Fsp3) is 0.500. The molecule has 1 amide bonds. The smallest absolute Gasteiger partial charge is 0.245 e. The summed E-state index contributed by atoms with van der Waals surface area (Å²) in [4.78, 5) is 12.3. The van der Waals surface area contributed by atoms with Gasteiger partial charge in [0.15, 0.2) is 0 Å². The number of hydrogen-bond donors (Lipinski definition) is 1. The summed E-state index contributed by atoms with van der Waals surface area (Å²) < 4.78 is 0. The first kappa shape index (κ1) is 6.29. The third-order valence-corrected chi connectivity index (χ3v) is 1.32. The van der Waals surface area contributed by atoms with Crippen molar-refractivity contribution in [3.63, 3.8) is 0 Å². The summed E-state index contributed by atoms with van der Waals surface area (Å²) in [5.41, 5.74) is 5.32. The van der Waals surface area contributed by atoms with Crippen molar-refractivity contribution in [1.82, 2.24) is 4.90 Å². The predicted molar refractivity (Wildman–Crippen MR) is 34.5 cm³/mol. The van der Waals surface area contributed by atoms with Crippen molar-refractivity contribution in [2.75, 3.05) is 6.54 Å².